The van der Waals surface area contributed by atoms with Crippen LogP contribution in [0.15, 0.2) is 12.1 Å². The van der Waals surface area contributed by atoms with E-state index in [0.29, 0.717) is 5.56 Å². The number of hydrogen-bond donors (Lipinski definition) is 3. The molecule has 10 nitrogen and oxygen atoms in total. The summed E-state index contributed by atoms with van der Waals surface area (Å²) < 4.78 is 5.46. The van der Waals surface area contributed by atoms with E-state index in [2.05, 4.69) is 5.48 Å². The molecule has 0 saturated heterocycles. The summed E-state index contributed by atoms with van der Waals surface area (Å²) in [5.74, 6) is -5.24. The van der Waals surface area contributed by atoms with E-state index in [1.165, 1.54) is 12.1 Å². The highest BCUT2D eigenvalue weighted by molar-refractivity contribution is 6.63. The van der Waals surface area contributed by atoms with Gasteiger partial charge in [0.1, 0.15) is 17.4 Å². The first kappa shape index (κ1) is 24.0. The first-order valence-electron chi connectivity index (χ1n) is 9.87. The summed E-state index contributed by atoms with van der Waals surface area (Å²) in [6, 6.07) is 2.64. The number of hydrogen-bond acceptors (Lipinski definition) is 9. The molecule has 3 N–H and O–H groups in total. The Morgan fingerprint density at radius 1 is 1.13 bits per heavy atom. The zero-order chi connectivity index (χ0) is 23.1. The van der Waals surface area contributed by atoms with Gasteiger partial charge in [0.15, 0.2) is 6.61 Å². The largest absolute Gasteiger partial charge is 0.507 e. The minimum atomic E-state index is -1.21. The Labute approximate surface area is 178 Å². The van der Waals surface area contributed by atoms with Crippen LogP contribution in [0.2, 0.25) is 0 Å². The van der Waals surface area contributed by atoms with E-state index in [9.17, 15) is 29.1 Å². The van der Waals surface area contributed by atoms with Gasteiger partial charge in [-0.2, -0.15) is 0 Å². The zero-order valence-corrected chi connectivity index (χ0v) is 17.3. The lowest BCUT2D eigenvalue weighted by Gasteiger charge is -2.22. The van der Waals surface area contributed by atoms with Gasteiger partial charge in [0, 0.05) is 18.9 Å². The third kappa shape index (κ3) is 6.61. The van der Waals surface area contributed by atoms with Crippen LogP contribution in [0.1, 0.15) is 55.5 Å². The van der Waals surface area contributed by atoms with Crippen LogP contribution in [-0.2, 0) is 35.2 Å². The van der Waals surface area contributed by atoms with Crippen molar-refractivity contribution >= 4 is 35.0 Å². The van der Waals surface area contributed by atoms with Crippen molar-refractivity contribution in [2.24, 2.45) is 5.92 Å². The Kier molecular flexibility index (Phi) is 8.26. The number of anilines is 1. The maximum absolute atomic E-state index is 12.7. The smallest absolute Gasteiger partial charge is 0.342 e. The van der Waals surface area contributed by atoms with Crippen molar-refractivity contribution in [2.75, 3.05) is 12.1 Å². The van der Waals surface area contributed by atoms with E-state index in [0.717, 1.165) is 0 Å². The molecule has 0 fully saturated rings. The Hall–Kier alpha value is -3.27. The lowest BCUT2D eigenvalue weighted by molar-refractivity contribution is -0.144. The summed E-state index contributed by atoms with van der Waals surface area (Å²) in [6.07, 6.45) is -0.403. The second-order valence-electron chi connectivity index (χ2n) is 7.47. The first-order chi connectivity index (χ1) is 14.6. The molecule has 31 heavy (non-hydrogen) atoms. The number of esters is 1. The number of benzene rings is 1. The van der Waals surface area contributed by atoms with Gasteiger partial charge in [0.2, 0.25) is 11.6 Å². The standard InChI is InChI=1S/C21H25NO9/c1-11-6-7-16(24)20(28)15(23)5-3-4-13-8-14(22-30-10-18(26)27)9-17(25)19(13)21(29)31-12(11)2/h8-9,11-12,22,25H,3-7,10H2,1-2H3,(H,26,27)/t11-,12+/m1/s1. The van der Waals surface area contributed by atoms with Crippen molar-refractivity contribution < 1.29 is 43.8 Å². The van der Waals surface area contributed by atoms with Crippen molar-refractivity contribution in [3.63, 3.8) is 0 Å². The van der Waals surface area contributed by atoms with E-state index in [1.54, 1.807) is 13.8 Å². The summed E-state index contributed by atoms with van der Waals surface area (Å²) in [5, 5.41) is 19.1. The Morgan fingerprint density at radius 2 is 1.81 bits per heavy atom. The van der Waals surface area contributed by atoms with Gasteiger partial charge in [-0.1, -0.05) is 6.92 Å². The van der Waals surface area contributed by atoms with Gasteiger partial charge in [0.05, 0.1) is 5.69 Å². The summed E-state index contributed by atoms with van der Waals surface area (Å²) in [7, 11) is 0. The van der Waals surface area contributed by atoms with E-state index in [-0.39, 0.29) is 49.3 Å². The number of ether oxygens (including phenoxy) is 1. The molecule has 1 aliphatic heterocycles. The van der Waals surface area contributed by atoms with Crippen molar-refractivity contribution in [1.82, 2.24) is 0 Å². The molecule has 0 amide bonds. The highest BCUT2D eigenvalue weighted by Crippen LogP contribution is 2.30. The number of nitrogens with one attached hydrogen (secondary N) is 1. The zero-order valence-electron chi connectivity index (χ0n) is 17.3. The molecule has 0 unspecified atom stereocenters. The predicted molar refractivity (Wildman–Crippen MR) is 107 cm³/mol. The van der Waals surface area contributed by atoms with Gasteiger partial charge in [-0.3, -0.25) is 24.7 Å². The van der Waals surface area contributed by atoms with E-state index < -0.39 is 47.7 Å². The summed E-state index contributed by atoms with van der Waals surface area (Å²) in [5.41, 5.74) is 2.78. The van der Waals surface area contributed by atoms with Crippen LogP contribution in [0, 0.1) is 5.92 Å². The molecule has 2 rings (SSSR count). The molecule has 0 saturated carbocycles. The van der Waals surface area contributed by atoms with E-state index >= 15 is 0 Å². The van der Waals surface area contributed by atoms with E-state index in [1.807, 2.05) is 0 Å². The van der Waals surface area contributed by atoms with Crippen LogP contribution in [-0.4, -0.2) is 52.2 Å². The van der Waals surface area contributed by atoms with Gasteiger partial charge >= 0.3 is 11.9 Å². The fourth-order valence-corrected chi connectivity index (χ4v) is 3.12. The molecule has 0 radical (unpaired) electrons. The number of carboxylic acids is 1. The van der Waals surface area contributed by atoms with Crippen molar-refractivity contribution in [1.29, 1.82) is 0 Å². The minimum absolute atomic E-state index is 0.0882. The number of cyclic esters (lactones) is 1. The Morgan fingerprint density at radius 3 is 2.48 bits per heavy atom. The Bertz CT molecular complexity index is 893. The molecule has 0 aliphatic carbocycles. The summed E-state index contributed by atoms with van der Waals surface area (Å²) in [4.78, 5) is 64.1. The van der Waals surface area contributed by atoms with Crippen molar-refractivity contribution in [3.05, 3.63) is 23.3 Å². The molecular formula is C21H25NO9. The van der Waals surface area contributed by atoms with E-state index in [4.69, 9.17) is 14.7 Å². The molecular weight excluding hydrogens is 410 g/mol. The SMILES string of the molecule is C[C@@H]1CCC(=O)C(=O)C(=O)CCCc2cc(NOCC(=O)O)cc(O)c2C(=O)O[C@H]1C. The number of carbonyl (C=O) groups excluding carboxylic acids is 4. The van der Waals surface area contributed by atoms with Crippen LogP contribution in [0.5, 0.6) is 5.75 Å². The molecule has 168 valence electrons. The monoisotopic (exact) mass is 435 g/mol. The van der Waals surface area contributed by atoms with Gasteiger partial charge in [-0.15, -0.1) is 0 Å². The lowest BCUT2D eigenvalue weighted by Crippen LogP contribution is -2.27. The molecule has 1 heterocycles. The number of Topliss-reactive ketones (excluding diaryl/α,β-unsaturated/α-hetero) is 3. The number of carbonyl (C=O) groups is 5. The quantitative estimate of drug-likeness (QED) is 0.362. The van der Waals surface area contributed by atoms with Crippen molar-refractivity contribution in [3.8, 4) is 5.75 Å². The topological polar surface area (TPSA) is 156 Å². The molecule has 0 spiro atoms. The Balaban J connectivity index is 2.35. The van der Waals surface area contributed by atoms with Crippen LogP contribution in [0.25, 0.3) is 0 Å². The van der Waals surface area contributed by atoms with Crippen LogP contribution < -0.4 is 5.48 Å². The lowest BCUT2D eigenvalue weighted by atomic mass is 9.94. The maximum Gasteiger partial charge on any atom is 0.342 e. The van der Waals surface area contributed by atoms with Crippen LogP contribution in [0.4, 0.5) is 5.69 Å². The summed E-state index contributed by atoms with van der Waals surface area (Å²) in [6.45, 7) is 2.75. The molecule has 1 aliphatic rings. The molecule has 1 aromatic rings. The minimum Gasteiger partial charge on any atom is -0.507 e. The molecule has 0 aromatic heterocycles. The highest BCUT2D eigenvalue weighted by atomic mass is 16.7. The molecule has 0 bridgehead atoms. The number of phenolic OH excluding ortho intramolecular Hbond substituents is 1. The fourth-order valence-electron chi connectivity index (χ4n) is 3.12. The number of ketones is 3. The first-order valence-corrected chi connectivity index (χ1v) is 9.87. The predicted octanol–water partition coefficient (Wildman–Crippen LogP) is 1.83. The van der Waals surface area contributed by atoms with Gasteiger partial charge in [-0.05, 0) is 43.7 Å². The third-order valence-corrected chi connectivity index (χ3v) is 5.07. The molecule has 1 aromatic carbocycles. The summed E-state index contributed by atoms with van der Waals surface area (Å²) >= 11 is 0. The van der Waals surface area contributed by atoms with Crippen LogP contribution >= 0.6 is 0 Å². The number of carboxylic acid groups (broad SMARTS) is 1. The second-order valence-corrected chi connectivity index (χ2v) is 7.47. The highest BCUT2D eigenvalue weighted by Gasteiger charge is 2.27. The normalized spacial score (nSPS) is 21.1. The number of aliphatic carboxylic acids is 1. The van der Waals surface area contributed by atoms with Crippen molar-refractivity contribution in [2.45, 2.75) is 52.1 Å². The fraction of sp³-hybridized carbons (Fsp3) is 0.476. The number of aromatic hydroxyl groups is 1. The molecule has 10 heteroatoms. The number of phenols is 1. The average molecular weight is 435 g/mol. The van der Waals surface area contributed by atoms with Crippen LogP contribution in [0.3, 0.4) is 0 Å². The maximum atomic E-state index is 12.7. The van der Waals surface area contributed by atoms with Gasteiger partial charge in [-0.25, -0.2) is 9.59 Å². The van der Waals surface area contributed by atoms with Gasteiger partial charge in [0.25, 0.3) is 5.78 Å². The number of fused-ring (bicyclic) bond motifs is 1. The average Bonchev–Trinajstić information content (AvgIpc) is 2.69. The number of rotatable bonds is 4. The van der Waals surface area contributed by atoms with Gasteiger partial charge < -0.3 is 14.9 Å². The second kappa shape index (κ2) is 10.7. The molecule has 2 atom stereocenters. The third-order valence-electron chi connectivity index (χ3n) is 5.07. The number of aryl methyl sites for hydroxylation is 1.